The molecule has 0 spiro atoms. The summed E-state index contributed by atoms with van der Waals surface area (Å²) in [5, 5.41) is 12.6. The van der Waals surface area contributed by atoms with Crippen LogP contribution in [0.3, 0.4) is 0 Å². The predicted octanol–water partition coefficient (Wildman–Crippen LogP) is 0.830. The normalized spacial score (nSPS) is 13.3. The molecule has 3 N–H and O–H groups in total. The van der Waals surface area contributed by atoms with Gasteiger partial charge in [-0.2, -0.15) is 13.2 Å². The minimum absolute atomic E-state index is 0.0392. The van der Waals surface area contributed by atoms with E-state index in [2.05, 4.69) is 5.32 Å². The quantitative estimate of drug-likeness (QED) is 0.567. The second-order valence-electron chi connectivity index (χ2n) is 5.78. The number of rotatable bonds is 8. The van der Waals surface area contributed by atoms with Gasteiger partial charge in [-0.15, -0.1) is 0 Å². The number of carboxylic acids is 1. The molecular formula is C13H21F3N2O5. The Labute approximate surface area is 131 Å². The van der Waals surface area contributed by atoms with Crippen LogP contribution in [0.25, 0.3) is 0 Å². The minimum atomic E-state index is -4.58. The van der Waals surface area contributed by atoms with E-state index in [4.69, 9.17) is 9.84 Å². The van der Waals surface area contributed by atoms with Gasteiger partial charge in [-0.25, -0.2) is 4.79 Å². The first-order chi connectivity index (χ1) is 10.3. The van der Waals surface area contributed by atoms with E-state index < -0.39 is 48.6 Å². The second-order valence-corrected chi connectivity index (χ2v) is 5.78. The van der Waals surface area contributed by atoms with Crippen molar-refractivity contribution in [1.82, 2.24) is 10.6 Å². The number of hydrogen-bond donors (Lipinski definition) is 3. The van der Waals surface area contributed by atoms with Crippen molar-refractivity contribution >= 4 is 17.8 Å². The summed E-state index contributed by atoms with van der Waals surface area (Å²) in [5.41, 5.74) is -0.482. The lowest BCUT2D eigenvalue weighted by atomic mass is 10.1. The van der Waals surface area contributed by atoms with Gasteiger partial charge >= 0.3 is 12.1 Å². The minimum Gasteiger partial charge on any atom is -0.480 e. The Hall–Kier alpha value is -1.84. The number of alkyl halides is 3. The molecule has 0 saturated heterocycles. The van der Waals surface area contributed by atoms with Crippen LogP contribution in [0.4, 0.5) is 13.2 Å². The molecule has 0 aromatic carbocycles. The molecule has 134 valence electrons. The molecule has 0 aliphatic rings. The molecule has 7 nitrogen and oxygen atoms in total. The standard InChI is InChI=1S/C13H21F3N2O5/c1-12(2,3)23-5-4-8(11(21)22)18-10(20)6-9(19)17-7-13(14,15)16/h8H,4-7H2,1-3H3,(H,17,19)(H,18,20)(H,21,22). The largest absolute Gasteiger partial charge is 0.480 e. The fraction of sp³-hybridized carbons (Fsp3) is 0.769. The Bertz CT molecular complexity index is 432. The fourth-order valence-corrected chi connectivity index (χ4v) is 1.39. The molecule has 0 radical (unpaired) electrons. The molecule has 0 rings (SSSR count). The topological polar surface area (TPSA) is 105 Å². The summed E-state index contributed by atoms with van der Waals surface area (Å²) in [6, 6.07) is -1.29. The Morgan fingerprint density at radius 1 is 1.13 bits per heavy atom. The van der Waals surface area contributed by atoms with Crippen LogP contribution in [0.2, 0.25) is 0 Å². The van der Waals surface area contributed by atoms with Gasteiger partial charge < -0.3 is 20.5 Å². The lowest BCUT2D eigenvalue weighted by Gasteiger charge is -2.21. The van der Waals surface area contributed by atoms with Crippen LogP contribution in [0, 0.1) is 0 Å². The Kier molecular flexibility index (Phi) is 8.01. The fourth-order valence-electron chi connectivity index (χ4n) is 1.39. The van der Waals surface area contributed by atoms with E-state index in [1.165, 1.54) is 5.32 Å². The zero-order valence-corrected chi connectivity index (χ0v) is 13.1. The third kappa shape index (κ3) is 12.4. The van der Waals surface area contributed by atoms with Crippen molar-refractivity contribution < 1.29 is 37.4 Å². The van der Waals surface area contributed by atoms with Crippen molar-refractivity contribution in [2.45, 2.75) is 51.4 Å². The van der Waals surface area contributed by atoms with Crippen molar-refractivity contribution in [1.29, 1.82) is 0 Å². The van der Waals surface area contributed by atoms with Crippen LogP contribution in [0.5, 0.6) is 0 Å². The van der Waals surface area contributed by atoms with E-state index in [1.807, 2.05) is 0 Å². The van der Waals surface area contributed by atoms with Crippen molar-refractivity contribution in [2.75, 3.05) is 13.2 Å². The van der Waals surface area contributed by atoms with E-state index in [9.17, 15) is 27.6 Å². The van der Waals surface area contributed by atoms with Crippen LogP contribution in [-0.2, 0) is 19.1 Å². The van der Waals surface area contributed by atoms with Crippen LogP contribution in [0.15, 0.2) is 0 Å². The van der Waals surface area contributed by atoms with E-state index >= 15 is 0 Å². The summed E-state index contributed by atoms with van der Waals surface area (Å²) in [6.45, 7) is 3.81. The zero-order chi connectivity index (χ0) is 18.3. The van der Waals surface area contributed by atoms with Crippen LogP contribution < -0.4 is 10.6 Å². The highest BCUT2D eigenvalue weighted by molar-refractivity contribution is 5.98. The number of halogens is 3. The Morgan fingerprint density at radius 3 is 2.13 bits per heavy atom. The molecule has 10 heteroatoms. The lowest BCUT2D eigenvalue weighted by molar-refractivity contribution is -0.144. The van der Waals surface area contributed by atoms with Crippen molar-refractivity contribution in [3.63, 3.8) is 0 Å². The first kappa shape index (κ1) is 21.2. The number of ether oxygens (including phenoxy) is 1. The van der Waals surface area contributed by atoms with Crippen LogP contribution >= 0.6 is 0 Å². The molecule has 2 amide bonds. The number of hydrogen-bond acceptors (Lipinski definition) is 4. The molecule has 0 aromatic rings. The molecule has 0 aromatic heterocycles. The van der Waals surface area contributed by atoms with Gasteiger partial charge in [0.25, 0.3) is 0 Å². The first-order valence-electron chi connectivity index (χ1n) is 6.80. The number of amides is 2. The highest BCUT2D eigenvalue weighted by Gasteiger charge is 2.28. The average molecular weight is 342 g/mol. The molecule has 1 unspecified atom stereocenters. The summed E-state index contributed by atoms with van der Waals surface area (Å²) in [6.07, 6.45) is -5.51. The molecule has 1 atom stereocenters. The predicted molar refractivity (Wildman–Crippen MR) is 73.6 cm³/mol. The van der Waals surface area contributed by atoms with Gasteiger partial charge in [0, 0.05) is 13.0 Å². The highest BCUT2D eigenvalue weighted by Crippen LogP contribution is 2.12. The molecule has 0 aliphatic carbocycles. The van der Waals surface area contributed by atoms with Crippen LogP contribution in [-0.4, -0.2) is 53.9 Å². The Balaban J connectivity index is 4.30. The molecule has 23 heavy (non-hydrogen) atoms. The molecule has 0 heterocycles. The van der Waals surface area contributed by atoms with E-state index in [-0.39, 0.29) is 13.0 Å². The molecule has 0 saturated carbocycles. The van der Waals surface area contributed by atoms with Gasteiger partial charge in [0.15, 0.2) is 0 Å². The second kappa shape index (κ2) is 8.70. The number of carbonyl (C=O) groups excluding carboxylic acids is 2. The maximum atomic E-state index is 11.9. The number of carboxylic acid groups (broad SMARTS) is 1. The average Bonchev–Trinajstić information content (AvgIpc) is 2.32. The summed E-state index contributed by atoms with van der Waals surface area (Å²) in [4.78, 5) is 33.7. The van der Waals surface area contributed by atoms with Crippen molar-refractivity contribution in [3.8, 4) is 0 Å². The smallest absolute Gasteiger partial charge is 0.405 e. The summed E-state index contributed by atoms with van der Waals surface area (Å²) >= 11 is 0. The van der Waals surface area contributed by atoms with Gasteiger partial charge in [0.05, 0.1) is 5.60 Å². The maximum Gasteiger partial charge on any atom is 0.405 e. The van der Waals surface area contributed by atoms with Gasteiger partial charge in [-0.05, 0) is 20.8 Å². The third-order valence-corrected chi connectivity index (χ3v) is 2.38. The van der Waals surface area contributed by atoms with Crippen molar-refractivity contribution in [2.24, 2.45) is 0 Å². The summed E-state index contributed by atoms with van der Waals surface area (Å²) < 4.78 is 41.0. The molecular weight excluding hydrogens is 321 g/mol. The van der Waals surface area contributed by atoms with Gasteiger partial charge in [-0.1, -0.05) is 0 Å². The van der Waals surface area contributed by atoms with Gasteiger partial charge in [0.1, 0.15) is 19.0 Å². The van der Waals surface area contributed by atoms with E-state index in [0.29, 0.717) is 0 Å². The molecule has 0 fully saturated rings. The molecule has 0 aliphatic heterocycles. The summed E-state index contributed by atoms with van der Waals surface area (Å²) in [5.74, 6) is -3.45. The Morgan fingerprint density at radius 2 is 1.70 bits per heavy atom. The van der Waals surface area contributed by atoms with Gasteiger partial charge in [0.2, 0.25) is 11.8 Å². The highest BCUT2D eigenvalue weighted by atomic mass is 19.4. The maximum absolute atomic E-state index is 11.9. The van der Waals surface area contributed by atoms with Gasteiger partial charge in [-0.3, -0.25) is 9.59 Å². The first-order valence-corrected chi connectivity index (χ1v) is 6.80. The van der Waals surface area contributed by atoms with Crippen molar-refractivity contribution in [3.05, 3.63) is 0 Å². The zero-order valence-electron chi connectivity index (χ0n) is 13.1. The van der Waals surface area contributed by atoms with E-state index in [0.717, 1.165) is 0 Å². The number of nitrogens with one attached hydrogen (secondary N) is 2. The molecule has 0 bridgehead atoms. The van der Waals surface area contributed by atoms with E-state index in [1.54, 1.807) is 20.8 Å². The van der Waals surface area contributed by atoms with Crippen LogP contribution in [0.1, 0.15) is 33.6 Å². The third-order valence-electron chi connectivity index (χ3n) is 2.38. The number of carbonyl (C=O) groups is 3. The SMILES string of the molecule is CC(C)(C)OCCC(NC(=O)CC(=O)NCC(F)(F)F)C(=O)O. The number of aliphatic carboxylic acids is 1. The lowest BCUT2D eigenvalue weighted by Crippen LogP contribution is -2.44. The summed E-state index contributed by atoms with van der Waals surface area (Å²) in [7, 11) is 0. The monoisotopic (exact) mass is 342 g/mol.